The number of nitrogens with zero attached hydrogens (tertiary/aromatic N) is 1. The van der Waals surface area contributed by atoms with E-state index >= 15 is 0 Å². The number of fused-ring (bicyclic) bond motifs is 1. The molecule has 1 aromatic heterocycles. The molecule has 3 aromatic rings. The van der Waals surface area contributed by atoms with E-state index in [2.05, 4.69) is 15.3 Å². The molecule has 1 heterocycles. The van der Waals surface area contributed by atoms with Crippen molar-refractivity contribution in [2.75, 3.05) is 5.32 Å². The van der Waals surface area contributed by atoms with Crippen LogP contribution in [0.3, 0.4) is 0 Å². The number of hydrogen-bond acceptors (Lipinski definition) is 3. The minimum absolute atomic E-state index is 0.0376. The molecule has 3 rings (SSSR count). The normalized spacial score (nSPS) is 10.7. The van der Waals surface area contributed by atoms with Crippen molar-refractivity contribution in [1.82, 2.24) is 9.97 Å². The number of benzene rings is 2. The summed E-state index contributed by atoms with van der Waals surface area (Å²) < 4.78 is 0. The van der Waals surface area contributed by atoms with Crippen LogP contribution in [-0.2, 0) is 11.2 Å². The number of carbonyl (C=O) groups is 2. The molecular weight excluding hydrogens is 294 g/mol. The first-order valence-corrected chi connectivity index (χ1v) is 7.10. The van der Waals surface area contributed by atoms with Crippen molar-refractivity contribution in [1.29, 1.82) is 0 Å². The number of carboxylic acids is 1. The molecule has 0 radical (unpaired) electrons. The van der Waals surface area contributed by atoms with Crippen LogP contribution in [0.5, 0.6) is 0 Å². The number of carbonyl (C=O) groups excluding carboxylic acids is 1. The molecule has 6 heteroatoms. The number of aliphatic carboxylic acids is 1. The Morgan fingerprint density at radius 2 is 1.91 bits per heavy atom. The summed E-state index contributed by atoms with van der Waals surface area (Å²) in [5, 5.41) is 11.5. The van der Waals surface area contributed by atoms with Gasteiger partial charge >= 0.3 is 5.97 Å². The Labute approximate surface area is 132 Å². The van der Waals surface area contributed by atoms with Crippen LogP contribution in [0.1, 0.15) is 21.7 Å². The third-order valence-electron chi connectivity index (χ3n) is 3.43. The third-order valence-corrected chi connectivity index (χ3v) is 3.43. The van der Waals surface area contributed by atoms with Crippen molar-refractivity contribution in [3.63, 3.8) is 0 Å². The van der Waals surface area contributed by atoms with Gasteiger partial charge in [-0.1, -0.05) is 12.1 Å². The number of carboxylic acid groups (broad SMARTS) is 1. The number of imidazole rings is 1. The molecule has 1 amide bonds. The fourth-order valence-electron chi connectivity index (χ4n) is 2.36. The van der Waals surface area contributed by atoms with Crippen LogP contribution in [0.2, 0.25) is 0 Å². The van der Waals surface area contributed by atoms with Gasteiger partial charge in [0.05, 0.1) is 17.5 Å². The quantitative estimate of drug-likeness (QED) is 0.690. The lowest BCUT2D eigenvalue weighted by atomic mass is 10.1. The Balaban J connectivity index is 1.75. The number of aromatic amines is 1. The van der Waals surface area contributed by atoms with Gasteiger partial charge in [0.1, 0.15) is 5.82 Å². The van der Waals surface area contributed by atoms with Crippen LogP contribution in [0.15, 0.2) is 42.5 Å². The molecule has 2 aromatic carbocycles. The minimum Gasteiger partial charge on any atom is -0.481 e. The van der Waals surface area contributed by atoms with Gasteiger partial charge in [0.25, 0.3) is 5.91 Å². The molecule has 3 N–H and O–H groups in total. The Morgan fingerprint density at radius 3 is 2.61 bits per heavy atom. The predicted molar refractivity (Wildman–Crippen MR) is 86.6 cm³/mol. The molecule has 23 heavy (non-hydrogen) atoms. The van der Waals surface area contributed by atoms with Crippen LogP contribution < -0.4 is 5.32 Å². The molecular formula is C17H15N3O3. The van der Waals surface area contributed by atoms with Gasteiger partial charge in [-0.25, -0.2) is 4.98 Å². The summed E-state index contributed by atoms with van der Waals surface area (Å²) in [6, 6.07) is 12.0. The second kappa shape index (κ2) is 5.92. The van der Waals surface area contributed by atoms with Crippen LogP contribution in [0, 0.1) is 6.92 Å². The SMILES string of the molecule is Cc1nc2ccc(C(=O)Nc3ccc(CC(=O)O)cc3)cc2[nH]1. The summed E-state index contributed by atoms with van der Waals surface area (Å²) in [5.41, 5.74) is 3.45. The fraction of sp³-hybridized carbons (Fsp3) is 0.118. The summed E-state index contributed by atoms with van der Waals surface area (Å²) in [6.07, 6.45) is -0.0376. The summed E-state index contributed by atoms with van der Waals surface area (Å²) in [5.74, 6) is -0.318. The smallest absolute Gasteiger partial charge is 0.307 e. The number of anilines is 1. The molecule has 0 fully saturated rings. The maximum absolute atomic E-state index is 12.3. The molecule has 0 aliphatic heterocycles. The Kier molecular flexibility index (Phi) is 3.80. The standard InChI is InChI=1S/C17H15N3O3/c1-10-18-14-7-4-12(9-15(14)19-10)17(23)20-13-5-2-11(3-6-13)8-16(21)22/h2-7,9H,8H2,1H3,(H,18,19)(H,20,23)(H,21,22). The van der Waals surface area contributed by atoms with Gasteiger partial charge in [-0.3, -0.25) is 9.59 Å². The van der Waals surface area contributed by atoms with Gasteiger partial charge in [-0.15, -0.1) is 0 Å². The van der Waals surface area contributed by atoms with Crippen LogP contribution >= 0.6 is 0 Å². The summed E-state index contributed by atoms with van der Waals surface area (Å²) in [4.78, 5) is 30.3. The Morgan fingerprint density at radius 1 is 1.17 bits per heavy atom. The van der Waals surface area contributed by atoms with Crippen LogP contribution in [-0.4, -0.2) is 27.0 Å². The van der Waals surface area contributed by atoms with Crippen molar-refractivity contribution in [2.45, 2.75) is 13.3 Å². The molecule has 0 aliphatic rings. The zero-order valence-corrected chi connectivity index (χ0v) is 12.5. The molecule has 0 unspecified atom stereocenters. The predicted octanol–water partition coefficient (Wildman–Crippen LogP) is 2.75. The Hall–Kier alpha value is -3.15. The van der Waals surface area contributed by atoms with Crippen LogP contribution in [0.4, 0.5) is 5.69 Å². The van der Waals surface area contributed by atoms with E-state index in [-0.39, 0.29) is 12.3 Å². The maximum atomic E-state index is 12.3. The zero-order valence-electron chi connectivity index (χ0n) is 12.5. The minimum atomic E-state index is -0.884. The van der Waals surface area contributed by atoms with E-state index in [1.165, 1.54) is 0 Å². The number of rotatable bonds is 4. The number of nitrogens with one attached hydrogen (secondary N) is 2. The van der Waals surface area contributed by atoms with E-state index in [4.69, 9.17) is 5.11 Å². The third kappa shape index (κ3) is 3.37. The van der Waals surface area contributed by atoms with Gasteiger partial charge < -0.3 is 15.4 Å². The maximum Gasteiger partial charge on any atom is 0.307 e. The molecule has 0 bridgehead atoms. The first-order valence-electron chi connectivity index (χ1n) is 7.10. The number of aryl methyl sites for hydroxylation is 1. The summed E-state index contributed by atoms with van der Waals surface area (Å²) in [7, 11) is 0. The van der Waals surface area contributed by atoms with Gasteiger partial charge in [-0.05, 0) is 42.8 Å². The molecule has 6 nitrogen and oxygen atoms in total. The van der Waals surface area contributed by atoms with Gasteiger partial charge in [-0.2, -0.15) is 0 Å². The second-order valence-electron chi connectivity index (χ2n) is 5.28. The highest BCUT2D eigenvalue weighted by molar-refractivity contribution is 6.05. The van der Waals surface area contributed by atoms with Crippen molar-refractivity contribution in [2.24, 2.45) is 0 Å². The van der Waals surface area contributed by atoms with Gasteiger partial charge in [0.15, 0.2) is 0 Å². The van der Waals surface area contributed by atoms with E-state index in [1.807, 2.05) is 6.92 Å². The van der Waals surface area contributed by atoms with E-state index in [0.29, 0.717) is 16.8 Å². The zero-order chi connectivity index (χ0) is 16.4. The summed E-state index contributed by atoms with van der Waals surface area (Å²) in [6.45, 7) is 1.86. The molecule has 116 valence electrons. The number of aromatic nitrogens is 2. The van der Waals surface area contributed by atoms with E-state index in [9.17, 15) is 9.59 Å². The summed E-state index contributed by atoms with van der Waals surface area (Å²) >= 11 is 0. The fourth-order valence-corrected chi connectivity index (χ4v) is 2.36. The van der Waals surface area contributed by atoms with Gasteiger partial charge in [0.2, 0.25) is 0 Å². The van der Waals surface area contributed by atoms with Crippen molar-refractivity contribution >= 4 is 28.6 Å². The molecule has 0 saturated heterocycles. The van der Waals surface area contributed by atoms with Crippen molar-refractivity contribution < 1.29 is 14.7 Å². The molecule has 0 spiro atoms. The lowest BCUT2D eigenvalue weighted by molar-refractivity contribution is -0.136. The van der Waals surface area contributed by atoms with E-state index in [1.54, 1.807) is 42.5 Å². The molecule has 0 saturated carbocycles. The highest BCUT2D eigenvalue weighted by Crippen LogP contribution is 2.16. The number of H-pyrrole nitrogens is 1. The van der Waals surface area contributed by atoms with E-state index < -0.39 is 5.97 Å². The monoisotopic (exact) mass is 309 g/mol. The van der Waals surface area contributed by atoms with Crippen molar-refractivity contribution in [3.05, 3.63) is 59.4 Å². The average molecular weight is 309 g/mol. The van der Waals surface area contributed by atoms with Gasteiger partial charge in [0, 0.05) is 11.3 Å². The lowest BCUT2D eigenvalue weighted by Crippen LogP contribution is -2.11. The lowest BCUT2D eigenvalue weighted by Gasteiger charge is -2.06. The average Bonchev–Trinajstić information content (AvgIpc) is 2.87. The van der Waals surface area contributed by atoms with Crippen LogP contribution in [0.25, 0.3) is 11.0 Å². The highest BCUT2D eigenvalue weighted by Gasteiger charge is 2.09. The second-order valence-corrected chi connectivity index (χ2v) is 5.28. The molecule has 0 aliphatic carbocycles. The van der Waals surface area contributed by atoms with Crippen molar-refractivity contribution in [3.8, 4) is 0 Å². The number of hydrogen-bond donors (Lipinski definition) is 3. The first kappa shape index (κ1) is 14.8. The topological polar surface area (TPSA) is 95.1 Å². The highest BCUT2D eigenvalue weighted by atomic mass is 16.4. The van der Waals surface area contributed by atoms with E-state index in [0.717, 1.165) is 16.9 Å². The molecule has 0 atom stereocenters. The Bertz CT molecular complexity index is 882. The largest absolute Gasteiger partial charge is 0.481 e. The number of amides is 1. The first-order chi connectivity index (χ1) is 11.0.